The minimum absolute atomic E-state index is 0.562. The van der Waals surface area contributed by atoms with Crippen molar-refractivity contribution in [3.8, 4) is 0 Å². The van der Waals surface area contributed by atoms with Gasteiger partial charge in [0.2, 0.25) is 0 Å². The molecule has 3 rings (SSSR count). The molecule has 0 unspecified atom stereocenters. The number of benzene rings is 1. The molecular weight excluding hydrogens is 270 g/mol. The maximum absolute atomic E-state index is 10.7. The SMILES string of the molecule is Nc1c(NCC2(O)CCCCCC2)ccc2scnc12. The molecule has 1 aliphatic carbocycles. The van der Waals surface area contributed by atoms with Gasteiger partial charge in [-0.3, -0.25) is 0 Å². The van der Waals surface area contributed by atoms with Crippen molar-refractivity contribution in [2.75, 3.05) is 17.6 Å². The topological polar surface area (TPSA) is 71.2 Å². The van der Waals surface area contributed by atoms with E-state index in [9.17, 15) is 5.11 Å². The fourth-order valence-electron chi connectivity index (χ4n) is 2.93. The highest BCUT2D eigenvalue weighted by Crippen LogP contribution is 2.32. The molecule has 4 nitrogen and oxygen atoms in total. The van der Waals surface area contributed by atoms with Crippen LogP contribution in [0.3, 0.4) is 0 Å². The van der Waals surface area contributed by atoms with E-state index < -0.39 is 5.60 Å². The van der Waals surface area contributed by atoms with E-state index in [0.717, 1.165) is 41.6 Å². The first-order valence-electron chi connectivity index (χ1n) is 7.26. The molecule has 0 spiro atoms. The molecular formula is C15H21N3OS. The minimum Gasteiger partial charge on any atom is -0.395 e. The lowest BCUT2D eigenvalue weighted by atomic mass is 9.94. The van der Waals surface area contributed by atoms with Gasteiger partial charge in [-0.15, -0.1) is 11.3 Å². The van der Waals surface area contributed by atoms with Crippen LogP contribution in [0.2, 0.25) is 0 Å². The third-order valence-corrected chi connectivity index (χ3v) is 4.98. The average molecular weight is 291 g/mol. The molecule has 1 aromatic carbocycles. The Kier molecular flexibility index (Phi) is 3.81. The highest BCUT2D eigenvalue weighted by Gasteiger charge is 2.27. The van der Waals surface area contributed by atoms with Gasteiger partial charge in [0.15, 0.2) is 0 Å². The molecule has 1 fully saturated rings. The summed E-state index contributed by atoms with van der Waals surface area (Å²) in [6.45, 7) is 0.562. The lowest BCUT2D eigenvalue weighted by Gasteiger charge is -2.27. The molecule has 0 atom stereocenters. The highest BCUT2D eigenvalue weighted by molar-refractivity contribution is 7.16. The molecule has 20 heavy (non-hydrogen) atoms. The van der Waals surface area contributed by atoms with E-state index in [-0.39, 0.29) is 0 Å². The van der Waals surface area contributed by atoms with Crippen LogP contribution >= 0.6 is 11.3 Å². The van der Waals surface area contributed by atoms with Crippen LogP contribution in [0.15, 0.2) is 17.6 Å². The van der Waals surface area contributed by atoms with Crippen LogP contribution in [0.4, 0.5) is 11.4 Å². The Balaban J connectivity index is 1.74. The maximum Gasteiger partial charge on any atom is 0.106 e. The van der Waals surface area contributed by atoms with Crippen molar-refractivity contribution in [2.45, 2.75) is 44.1 Å². The predicted molar refractivity (Wildman–Crippen MR) is 85.2 cm³/mol. The van der Waals surface area contributed by atoms with Crippen molar-refractivity contribution in [1.82, 2.24) is 4.98 Å². The van der Waals surface area contributed by atoms with E-state index in [1.54, 1.807) is 11.3 Å². The first-order chi connectivity index (χ1) is 9.68. The van der Waals surface area contributed by atoms with Gasteiger partial charge in [-0.25, -0.2) is 4.98 Å². The molecule has 0 amide bonds. The maximum atomic E-state index is 10.7. The number of thiazole rings is 1. The quantitative estimate of drug-likeness (QED) is 0.599. The Bertz CT molecular complexity index is 588. The number of fused-ring (bicyclic) bond motifs is 1. The van der Waals surface area contributed by atoms with Gasteiger partial charge in [0.05, 0.1) is 27.2 Å². The molecule has 1 aliphatic rings. The van der Waals surface area contributed by atoms with Gasteiger partial charge in [-0.05, 0) is 25.0 Å². The molecule has 0 radical (unpaired) electrons. The van der Waals surface area contributed by atoms with E-state index in [1.165, 1.54) is 12.8 Å². The number of hydrogen-bond donors (Lipinski definition) is 3. The van der Waals surface area contributed by atoms with E-state index >= 15 is 0 Å². The van der Waals surface area contributed by atoms with E-state index in [2.05, 4.69) is 10.3 Å². The normalized spacial score (nSPS) is 18.9. The summed E-state index contributed by atoms with van der Waals surface area (Å²) in [4.78, 5) is 4.30. The van der Waals surface area contributed by atoms with Gasteiger partial charge in [0, 0.05) is 6.54 Å². The number of nitrogens with two attached hydrogens (primary N) is 1. The van der Waals surface area contributed by atoms with Gasteiger partial charge in [0.1, 0.15) is 5.52 Å². The summed E-state index contributed by atoms with van der Waals surface area (Å²) in [7, 11) is 0. The number of nitrogens with one attached hydrogen (secondary N) is 1. The largest absolute Gasteiger partial charge is 0.395 e. The van der Waals surface area contributed by atoms with Crippen LogP contribution in [-0.4, -0.2) is 22.2 Å². The molecule has 1 heterocycles. The summed E-state index contributed by atoms with van der Waals surface area (Å²) in [5.41, 5.74) is 9.78. The number of rotatable bonds is 3. The van der Waals surface area contributed by atoms with Crippen molar-refractivity contribution < 1.29 is 5.11 Å². The highest BCUT2D eigenvalue weighted by atomic mass is 32.1. The second kappa shape index (κ2) is 5.58. The summed E-state index contributed by atoms with van der Waals surface area (Å²) in [5, 5.41) is 14.0. The number of anilines is 2. The van der Waals surface area contributed by atoms with Crippen molar-refractivity contribution in [2.24, 2.45) is 0 Å². The predicted octanol–water partition coefficient (Wildman–Crippen LogP) is 3.38. The van der Waals surface area contributed by atoms with Gasteiger partial charge < -0.3 is 16.2 Å². The van der Waals surface area contributed by atoms with Crippen LogP contribution < -0.4 is 11.1 Å². The molecule has 4 N–H and O–H groups in total. The zero-order valence-electron chi connectivity index (χ0n) is 11.6. The van der Waals surface area contributed by atoms with E-state index in [4.69, 9.17) is 5.73 Å². The summed E-state index contributed by atoms with van der Waals surface area (Å²) in [6, 6.07) is 4.01. The van der Waals surface area contributed by atoms with Gasteiger partial charge in [0.25, 0.3) is 0 Å². The monoisotopic (exact) mass is 291 g/mol. The van der Waals surface area contributed by atoms with E-state index in [0.29, 0.717) is 12.2 Å². The Labute approximate surface area is 123 Å². The fraction of sp³-hybridized carbons (Fsp3) is 0.533. The van der Waals surface area contributed by atoms with Crippen molar-refractivity contribution in [3.63, 3.8) is 0 Å². The third-order valence-electron chi connectivity index (χ3n) is 4.18. The Hall–Kier alpha value is -1.33. The van der Waals surface area contributed by atoms with Crippen molar-refractivity contribution in [3.05, 3.63) is 17.6 Å². The van der Waals surface area contributed by atoms with Crippen molar-refractivity contribution in [1.29, 1.82) is 0 Å². The number of aromatic nitrogens is 1. The zero-order valence-corrected chi connectivity index (χ0v) is 12.4. The number of hydrogen-bond acceptors (Lipinski definition) is 5. The first-order valence-corrected chi connectivity index (χ1v) is 8.14. The van der Waals surface area contributed by atoms with Gasteiger partial charge in [-0.1, -0.05) is 25.7 Å². The van der Waals surface area contributed by atoms with E-state index in [1.807, 2.05) is 17.6 Å². The average Bonchev–Trinajstić information content (AvgIpc) is 2.82. The van der Waals surface area contributed by atoms with Gasteiger partial charge >= 0.3 is 0 Å². The summed E-state index contributed by atoms with van der Waals surface area (Å²) >= 11 is 1.59. The molecule has 0 saturated heterocycles. The third kappa shape index (κ3) is 2.74. The standard InChI is InChI=1S/C15H21N3OS/c16-13-11(5-6-12-14(13)18-10-20-12)17-9-15(19)7-3-1-2-4-8-15/h5-6,10,17,19H,1-4,7-9,16H2. The second-order valence-corrected chi connectivity index (χ2v) is 6.60. The number of nitrogen functional groups attached to an aromatic ring is 1. The van der Waals surface area contributed by atoms with Crippen LogP contribution in [0.5, 0.6) is 0 Å². The van der Waals surface area contributed by atoms with Crippen molar-refractivity contribution >= 4 is 32.9 Å². The summed E-state index contributed by atoms with van der Waals surface area (Å²) in [5.74, 6) is 0. The molecule has 0 bridgehead atoms. The summed E-state index contributed by atoms with van der Waals surface area (Å²) < 4.78 is 1.10. The van der Waals surface area contributed by atoms with Crippen LogP contribution in [-0.2, 0) is 0 Å². The molecule has 1 aromatic heterocycles. The van der Waals surface area contributed by atoms with Crippen LogP contribution in [0.25, 0.3) is 10.2 Å². The Morgan fingerprint density at radius 3 is 2.75 bits per heavy atom. The second-order valence-electron chi connectivity index (χ2n) is 5.72. The molecule has 1 saturated carbocycles. The molecule has 108 valence electrons. The van der Waals surface area contributed by atoms with Crippen LogP contribution in [0.1, 0.15) is 38.5 Å². The first kappa shape index (κ1) is 13.6. The molecule has 5 heteroatoms. The zero-order chi connectivity index (χ0) is 14.0. The summed E-state index contributed by atoms with van der Waals surface area (Å²) in [6.07, 6.45) is 6.43. The molecule has 0 aliphatic heterocycles. The lowest BCUT2D eigenvalue weighted by molar-refractivity contribution is 0.0381. The van der Waals surface area contributed by atoms with Crippen LogP contribution in [0, 0.1) is 0 Å². The minimum atomic E-state index is -0.597. The van der Waals surface area contributed by atoms with Gasteiger partial charge in [-0.2, -0.15) is 0 Å². The number of aliphatic hydroxyl groups is 1. The Morgan fingerprint density at radius 1 is 1.25 bits per heavy atom. The fourth-order valence-corrected chi connectivity index (χ4v) is 3.62. The Morgan fingerprint density at radius 2 is 2.00 bits per heavy atom. The molecule has 2 aromatic rings. The smallest absolute Gasteiger partial charge is 0.106 e. The lowest BCUT2D eigenvalue weighted by Crippen LogP contribution is -2.36. The number of nitrogens with zero attached hydrogens (tertiary/aromatic N) is 1.